The molecule has 0 spiro atoms. The van der Waals surface area contributed by atoms with Gasteiger partial charge in [-0.2, -0.15) is 4.98 Å². The van der Waals surface area contributed by atoms with Crippen LogP contribution in [0.2, 0.25) is 0 Å². The Hall–Kier alpha value is -1.75. The number of pyridine rings is 1. The molecule has 2 heterocycles. The van der Waals surface area contributed by atoms with Crippen LogP contribution in [0.15, 0.2) is 28.9 Å². The number of hydrogen-bond donors (Lipinski definition) is 1. The first-order valence-corrected chi connectivity index (χ1v) is 5.27. The topological polar surface area (TPSA) is 77.8 Å². The molecule has 0 radical (unpaired) electrons. The predicted octanol–water partition coefficient (Wildman–Crippen LogP) is 1.47. The van der Waals surface area contributed by atoms with E-state index < -0.39 is 0 Å². The van der Waals surface area contributed by atoms with Crippen LogP contribution in [-0.4, -0.2) is 15.1 Å². The van der Waals surface area contributed by atoms with Crippen molar-refractivity contribution in [1.82, 2.24) is 15.1 Å². The standard InChI is InChI=1S/C11H14N4O/c1-2-9(12)11-14-10(15-16-11)7-8-5-3-4-6-13-8/h3-6,9H,2,7,12H2,1H3. The van der Waals surface area contributed by atoms with Crippen LogP contribution in [-0.2, 0) is 6.42 Å². The van der Waals surface area contributed by atoms with Gasteiger partial charge in [0.1, 0.15) is 0 Å². The van der Waals surface area contributed by atoms with Crippen LogP contribution in [0, 0.1) is 0 Å². The van der Waals surface area contributed by atoms with Gasteiger partial charge in [-0.3, -0.25) is 4.98 Å². The molecule has 0 bridgehead atoms. The average Bonchev–Trinajstić information content (AvgIpc) is 2.78. The third-order valence-corrected chi connectivity index (χ3v) is 2.31. The average molecular weight is 218 g/mol. The van der Waals surface area contributed by atoms with Crippen LogP contribution >= 0.6 is 0 Å². The van der Waals surface area contributed by atoms with E-state index in [-0.39, 0.29) is 6.04 Å². The molecule has 0 saturated heterocycles. The summed E-state index contributed by atoms with van der Waals surface area (Å²) in [5.74, 6) is 1.12. The summed E-state index contributed by atoms with van der Waals surface area (Å²) < 4.78 is 5.08. The first kappa shape index (κ1) is 10.8. The lowest BCUT2D eigenvalue weighted by atomic mass is 10.2. The number of nitrogens with two attached hydrogens (primary N) is 1. The summed E-state index contributed by atoms with van der Waals surface area (Å²) in [6.45, 7) is 1.98. The monoisotopic (exact) mass is 218 g/mol. The SMILES string of the molecule is CCC(N)c1nc(Cc2ccccn2)no1. The molecular weight excluding hydrogens is 204 g/mol. The van der Waals surface area contributed by atoms with Crippen molar-refractivity contribution in [2.45, 2.75) is 25.8 Å². The van der Waals surface area contributed by atoms with Crippen LogP contribution in [0.3, 0.4) is 0 Å². The van der Waals surface area contributed by atoms with Gasteiger partial charge in [-0.15, -0.1) is 0 Å². The number of hydrogen-bond acceptors (Lipinski definition) is 5. The zero-order valence-electron chi connectivity index (χ0n) is 9.13. The highest BCUT2D eigenvalue weighted by Gasteiger charge is 2.12. The van der Waals surface area contributed by atoms with E-state index in [1.54, 1.807) is 6.20 Å². The van der Waals surface area contributed by atoms with Crippen molar-refractivity contribution in [2.24, 2.45) is 5.73 Å². The molecule has 0 aromatic carbocycles. The Bertz CT molecular complexity index is 440. The van der Waals surface area contributed by atoms with E-state index in [0.717, 1.165) is 12.1 Å². The quantitative estimate of drug-likeness (QED) is 0.840. The summed E-state index contributed by atoms with van der Waals surface area (Å²) in [4.78, 5) is 8.43. The minimum atomic E-state index is -0.176. The molecule has 2 aromatic rings. The third-order valence-electron chi connectivity index (χ3n) is 2.31. The summed E-state index contributed by atoms with van der Waals surface area (Å²) in [5, 5.41) is 3.87. The van der Waals surface area contributed by atoms with E-state index in [0.29, 0.717) is 18.1 Å². The minimum Gasteiger partial charge on any atom is -0.338 e. The fourth-order valence-corrected chi connectivity index (χ4v) is 1.33. The van der Waals surface area contributed by atoms with E-state index in [1.165, 1.54) is 0 Å². The van der Waals surface area contributed by atoms with Gasteiger partial charge >= 0.3 is 0 Å². The van der Waals surface area contributed by atoms with Crippen LogP contribution < -0.4 is 5.73 Å². The van der Waals surface area contributed by atoms with E-state index in [2.05, 4.69) is 15.1 Å². The van der Waals surface area contributed by atoms with Gasteiger partial charge in [0, 0.05) is 11.9 Å². The molecule has 1 atom stereocenters. The van der Waals surface area contributed by atoms with Gasteiger partial charge < -0.3 is 10.3 Å². The number of aromatic nitrogens is 3. The second-order valence-electron chi connectivity index (χ2n) is 3.56. The van der Waals surface area contributed by atoms with Crippen molar-refractivity contribution in [2.75, 3.05) is 0 Å². The molecule has 5 heteroatoms. The van der Waals surface area contributed by atoms with E-state index in [9.17, 15) is 0 Å². The molecule has 16 heavy (non-hydrogen) atoms. The molecule has 0 aliphatic carbocycles. The molecule has 0 fully saturated rings. The lowest BCUT2D eigenvalue weighted by Crippen LogP contribution is -2.09. The maximum absolute atomic E-state index is 5.79. The van der Waals surface area contributed by atoms with Gasteiger partial charge in [0.05, 0.1) is 12.5 Å². The van der Waals surface area contributed by atoms with E-state index >= 15 is 0 Å². The number of rotatable bonds is 4. The summed E-state index contributed by atoms with van der Waals surface area (Å²) >= 11 is 0. The predicted molar refractivity (Wildman–Crippen MR) is 58.6 cm³/mol. The molecule has 0 saturated carbocycles. The van der Waals surface area contributed by atoms with Gasteiger partial charge in [0.15, 0.2) is 5.82 Å². The smallest absolute Gasteiger partial charge is 0.243 e. The molecule has 84 valence electrons. The Labute approximate surface area is 93.7 Å². The van der Waals surface area contributed by atoms with Gasteiger partial charge in [-0.05, 0) is 18.6 Å². The van der Waals surface area contributed by atoms with Crippen LogP contribution in [0.5, 0.6) is 0 Å². The molecule has 5 nitrogen and oxygen atoms in total. The molecule has 1 unspecified atom stereocenters. The second kappa shape index (κ2) is 4.85. The highest BCUT2D eigenvalue weighted by Crippen LogP contribution is 2.12. The second-order valence-corrected chi connectivity index (χ2v) is 3.56. The normalized spacial score (nSPS) is 12.6. The summed E-state index contributed by atoms with van der Waals surface area (Å²) in [6.07, 6.45) is 3.10. The molecule has 2 N–H and O–H groups in total. The summed E-state index contributed by atoms with van der Waals surface area (Å²) in [6, 6.07) is 5.56. The first-order chi connectivity index (χ1) is 7.79. The van der Waals surface area contributed by atoms with Crippen LogP contribution in [0.25, 0.3) is 0 Å². The third kappa shape index (κ3) is 2.43. The van der Waals surface area contributed by atoms with Gasteiger partial charge in [-0.25, -0.2) is 0 Å². The maximum Gasteiger partial charge on any atom is 0.243 e. The Balaban J connectivity index is 2.09. The van der Waals surface area contributed by atoms with Crippen molar-refractivity contribution in [3.05, 3.63) is 41.8 Å². The van der Waals surface area contributed by atoms with Crippen LogP contribution in [0.4, 0.5) is 0 Å². The Morgan fingerprint density at radius 2 is 2.31 bits per heavy atom. The van der Waals surface area contributed by atoms with Crippen molar-refractivity contribution in [3.8, 4) is 0 Å². The number of nitrogens with zero attached hydrogens (tertiary/aromatic N) is 3. The lowest BCUT2D eigenvalue weighted by Gasteiger charge is -1.99. The Morgan fingerprint density at radius 1 is 1.44 bits per heavy atom. The van der Waals surface area contributed by atoms with Gasteiger partial charge in [-0.1, -0.05) is 18.1 Å². The van der Waals surface area contributed by atoms with Crippen molar-refractivity contribution in [1.29, 1.82) is 0 Å². The zero-order chi connectivity index (χ0) is 11.4. The Kier molecular flexibility index (Phi) is 3.26. The van der Waals surface area contributed by atoms with Crippen molar-refractivity contribution >= 4 is 0 Å². The molecule has 0 aliphatic heterocycles. The molecule has 2 rings (SSSR count). The van der Waals surface area contributed by atoms with Crippen molar-refractivity contribution in [3.63, 3.8) is 0 Å². The maximum atomic E-state index is 5.79. The first-order valence-electron chi connectivity index (χ1n) is 5.27. The molecule has 0 amide bonds. The lowest BCUT2D eigenvalue weighted by molar-refractivity contribution is 0.348. The molecule has 2 aromatic heterocycles. The molecular formula is C11H14N4O. The van der Waals surface area contributed by atoms with E-state index in [4.69, 9.17) is 10.3 Å². The zero-order valence-corrected chi connectivity index (χ0v) is 9.13. The summed E-state index contributed by atoms with van der Waals surface area (Å²) in [5.41, 5.74) is 6.71. The summed E-state index contributed by atoms with van der Waals surface area (Å²) in [7, 11) is 0. The fourth-order valence-electron chi connectivity index (χ4n) is 1.33. The van der Waals surface area contributed by atoms with Gasteiger partial charge in [0.2, 0.25) is 5.89 Å². The van der Waals surface area contributed by atoms with Crippen LogP contribution in [0.1, 0.15) is 36.8 Å². The van der Waals surface area contributed by atoms with Crippen molar-refractivity contribution < 1.29 is 4.52 Å². The van der Waals surface area contributed by atoms with Gasteiger partial charge in [0.25, 0.3) is 0 Å². The molecule has 0 aliphatic rings. The van der Waals surface area contributed by atoms with E-state index in [1.807, 2.05) is 25.1 Å². The fraction of sp³-hybridized carbons (Fsp3) is 0.364. The Morgan fingerprint density at radius 3 is 3.00 bits per heavy atom. The largest absolute Gasteiger partial charge is 0.338 e. The minimum absolute atomic E-state index is 0.176. The highest BCUT2D eigenvalue weighted by molar-refractivity contribution is 5.09. The highest BCUT2D eigenvalue weighted by atomic mass is 16.5.